The molecule has 2 atom stereocenters. The van der Waals surface area contributed by atoms with Crippen LogP contribution in [0.2, 0.25) is 0 Å². The van der Waals surface area contributed by atoms with Gasteiger partial charge in [-0.2, -0.15) is 0 Å². The molecule has 0 aromatic heterocycles. The Morgan fingerprint density at radius 3 is 1.30 bits per heavy atom. The van der Waals surface area contributed by atoms with Crippen molar-refractivity contribution in [2.24, 2.45) is 11.8 Å². The molecule has 3 aliphatic rings. The lowest BCUT2D eigenvalue weighted by molar-refractivity contribution is -0.205. The Bertz CT molecular complexity index is 331. The normalized spacial score (nSPS) is 33.6. The van der Waals surface area contributed by atoms with Crippen molar-refractivity contribution in [2.45, 2.75) is 76.4 Å². The molecule has 0 aromatic carbocycles. The summed E-state index contributed by atoms with van der Waals surface area (Å²) in [6.07, 6.45) is 9.55. The molecule has 1 unspecified atom stereocenters. The van der Waals surface area contributed by atoms with Crippen LogP contribution in [0.5, 0.6) is 0 Å². The van der Waals surface area contributed by atoms with Crippen molar-refractivity contribution in [2.75, 3.05) is 0 Å². The van der Waals surface area contributed by atoms with Crippen molar-refractivity contribution in [1.82, 2.24) is 0 Å². The fraction of sp³-hybridized carbons (Fsp3) is 0.875. The first kappa shape index (κ1) is 13.9. The summed E-state index contributed by atoms with van der Waals surface area (Å²) in [5.41, 5.74) is 0. The maximum absolute atomic E-state index is 12.2. The summed E-state index contributed by atoms with van der Waals surface area (Å²) in [6, 6.07) is 0. The van der Waals surface area contributed by atoms with E-state index in [0.29, 0.717) is 0 Å². The topological polar surface area (TPSA) is 52.6 Å². The molecule has 0 aromatic rings. The van der Waals surface area contributed by atoms with Crippen LogP contribution in [0.3, 0.4) is 0 Å². The van der Waals surface area contributed by atoms with Gasteiger partial charge in [0.2, 0.25) is 12.2 Å². The van der Waals surface area contributed by atoms with E-state index in [1.807, 2.05) is 0 Å². The molecule has 0 amide bonds. The van der Waals surface area contributed by atoms with Gasteiger partial charge in [0.05, 0.1) is 0 Å². The molecule has 20 heavy (non-hydrogen) atoms. The summed E-state index contributed by atoms with van der Waals surface area (Å²) in [4.78, 5) is 24.4. The molecule has 2 aliphatic carbocycles. The summed E-state index contributed by atoms with van der Waals surface area (Å²) in [7, 11) is 0. The minimum atomic E-state index is -0.636. The first-order chi connectivity index (χ1) is 9.75. The lowest BCUT2D eigenvalue weighted by atomic mass is 9.83. The third-order valence-electron chi connectivity index (χ3n) is 5.11. The second-order valence-electron chi connectivity index (χ2n) is 6.51. The van der Waals surface area contributed by atoms with Crippen LogP contribution in [0.15, 0.2) is 0 Å². The van der Waals surface area contributed by atoms with Gasteiger partial charge in [-0.15, -0.1) is 0 Å². The number of carbonyl (C=O) groups excluding carboxylic acids is 2. The van der Waals surface area contributed by atoms with Gasteiger partial charge in [-0.3, -0.25) is 0 Å². The average Bonchev–Trinajstić information content (AvgIpc) is 2.51. The van der Waals surface area contributed by atoms with Gasteiger partial charge >= 0.3 is 11.9 Å². The van der Waals surface area contributed by atoms with Gasteiger partial charge in [0.1, 0.15) is 0 Å². The van der Waals surface area contributed by atoms with E-state index in [1.54, 1.807) is 0 Å². The second-order valence-corrected chi connectivity index (χ2v) is 6.51. The van der Waals surface area contributed by atoms with Crippen molar-refractivity contribution >= 4 is 11.9 Å². The Kier molecular flexibility index (Phi) is 4.27. The van der Waals surface area contributed by atoms with Gasteiger partial charge in [-0.25, -0.2) is 9.59 Å². The molecular weight excluding hydrogens is 256 g/mol. The number of hydrogen-bond donors (Lipinski definition) is 0. The van der Waals surface area contributed by atoms with Gasteiger partial charge in [0.15, 0.2) is 0 Å². The van der Waals surface area contributed by atoms with Crippen molar-refractivity contribution in [3.63, 3.8) is 0 Å². The molecule has 0 spiro atoms. The average molecular weight is 280 g/mol. The summed E-state index contributed by atoms with van der Waals surface area (Å²) in [5.74, 6) is -0.251. The summed E-state index contributed by atoms with van der Waals surface area (Å²) in [5, 5.41) is 0. The minimum absolute atomic E-state index is 0.174. The van der Waals surface area contributed by atoms with E-state index in [-0.39, 0.29) is 23.8 Å². The van der Waals surface area contributed by atoms with Crippen molar-refractivity contribution in [3.05, 3.63) is 0 Å². The van der Waals surface area contributed by atoms with Gasteiger partial charge in [-0.05, 0) is 25.7 Å². The summed E-state index contributed by atoms with van der Waals surface area (Å²) >= 11 is 0. The maximum atomic E-state index is 12.2. The van der Waals surface area contributed by atoms with Crippen LogP contribution in [0.1, 0.15) is 64.2 Å². The molecule has 3 fully saturated rings. The SMILES string of the molecule is O=C1O[C@H](C2CCCCC2)C(=O)OC1C1CCCCC1. The number of hydrogen-bond acceptors (Lipinski definition) is 4. The third kappa shape index (κ3) is 2.84. The van der Waals surface area contributed by atoms with E-state index in [2.05, 4.69) is 0 Å². The second kappa shape index (κ2) is 6.15. The number of rotatable bonds is 2. The van der Waals surface area contributed by atoms with Crippen molar-refractivity contribution in [1.29, 1.82) is 0 Å². The van der Waals surface area contributed by atoms with Crippen LogP contribution in [0.4, 0.5) is 0 Å². The zero-order valence-corrected chi connectivity index (χ0v) is 12.0. The van der Waals surface area contributed by atoms with E-state index in [9.17, 15) is 9.59 Å². The van der Waals surface area contributed by atoms with E-state index in [4.69, 9.17) is 9.47 Å². The highest BCUT2D eigenvalue weighted by molar-refractivity contribution is 5.87. The van der Waals surface area contributed by atoms with E-state index in [1.165, 1.54) is 12.8 Å². The van der Waals surface area contributed by atoms with Crippen LogP contribution < -0.4 is 0 Å². The molecule has 0 N–H and O–H groups in total. The lowest BCUT2D eigenvalue weighted by Gasteiger charge is -2.37. The Labute approximate surface area is 120 Å². The van der Waals surface area contributed by atoms with Crippen molar-refractivity contribution in [3.8, 4) is 0 Å². The molecule has 0 bridgehead atoms. The monoisotopic (exact) mass is 280 g/mol. The third-order valence-corrected chi connectivity index (χ3v) is 5.11. The number of esters is 2. The molecule has 3 rings (SSSR count). The lowest BCUT2D eigenvalue weighted by Crippen LogP contribution is -2.50. The Morgan fingerprint density at radius 1 is 0.600 bits per heavy atom. The molecule has 1 heterocycles. The van der Waals surface area contributed by atoms with Crippen molar-refractivity contribution < 1.29 is 19.1 Å². The number of ether oxygens (including phenoxy) is 2. The molecule has 0 radical (unpaired) electrons. The highest BCUT2D eigenvalue weighted by Gasteiger charge is 2.45. The minimum Gasteiger partial charge on any atom is -0.447 e. The predicted molar refractivity (Wildman–Crippen MR) is 72.9 cm³/mol. The molecule has 1 aliphatic heterocycles. The van der Waals surface area contributed by atoms with Gasteiger partial charge in [0, 0.05) is 11.8 Å². The zero-order valence-electron chi connectivity index (χ0n) is 12.0. The predicted octanol–water partition coefficient (Wildman–Crippen LogP) is 2.98. The first-order valence-electron chi connectivity index (χ1n) is 8.16. The van der Waals surface area contributed by atoms with Gasteiger partial charge < -0.3 is 9.47 Å². The Hall–Kier alpha value is -1.06. The number of cyclic esters (lactones) is 2. The summed E-state index contributed by atoms with van der Waals surface area (Å²) in [6.45, 7) is 0. The van der Waals surface area contributed by atoms with Gasteiger partial charge in [-0.1, -0.05) is 38.5 Å². The van der Waals surface area contributed by atoms with E-state index < -0.39 is 12.2 Å². The quantitative estimate of drug-likeness (QED) is 0.730. The fourth-order valence-electron chi connectivity index (χ4n) is 3.93. The van der Waals surface area contributed by atoms with Crippen LogP contribution >= 0.6 is 0 Å². The van der Waals surface area contributed by atoms with Crippen LogP contribution in [0, 0.1) is 11.8 Å². The Morgan fingerprint density at radius 2 is 0.950 bits per heavy atom. The standard InChI is InChI=1S/C16H24O4/c17-15-13(11-7-3-1-4-8-11)19-16(18)14(20-15)12-9-5-2-6-10-12/h11-14H,1-10H2/t13-,14?/m1/s1. The van der Waals surface area contributed by atoms with E-state index >= 15 is 0 Å². The molecule has 1 saturated heterocycles. The van der Waals surface area contributed by atoms with E-state index in [0.717, 1.165) is 51.4 Å². The molecular formula is C16H24O4. The molecule has 4 nitrogen and oxygen atoms in total. The Balaban J connectivity index is 1.63. The smallest absolute Gasteiger partial charge is 0.348 e. The molecule has 2 saturated carbocycles. The summed E-state index contributed by atoms with van der Waals surface area (Å²) < 4.78 is 11.0. The maximum Gasteiger partial charge on any atom is 0.348 e. The van der Waals surface area contributed by atoms with Crippen LogP contribution in [-0.4, -0.2) is 24.1 Å². The largest absolute Gasteiger partial charge is 0.447 e. The molecule has 112 valence electrons. The fourth-order valence-corrected chi connectivity index (χ4v) is 3.93. The number of carbonyl (C=O) groups is 2. The van der Waals surface area contributed by atoms with Crippen LogP contribution in [0.25, 0.3) is 0 Å². The zero-order chi connectivity index (χ0) is 13.9. The van der Waals surface area contributed by atoms with Crippen LogP contribution in [-0.2, 0) is 19.1 Å². The highest BCUT2D eigenvalue weighted by atomic mass is 16.6. The first-order valence-corrected chi connectivity index (χ1v) is 8.16. The highest BCUT2D eigenvalue weighted by Crippen LogP contribution is 2.34. The molecule has 4 heteroatoms. The van der Waals surface area contributed by atoms with Gasteiger partial charge in [0.25, 0.3) is 0 Å².